The van der Waals surface area contributed by atoms with Gasteiger partial charge in [-0.2, -0.15) is 92.2 Å². The highest BCUT2D eigenvalue weighted by atomic mass is 127. The summed E-state index contributed by atoms with van der Waals surface area (Å²) in [5.74, 6) is -76.4. The van der Waals surface area contributed by atoms with E-state index >= 15 is 0 Å². The third-order valence-corrected chi connectivity index (χ3v) is 6.74. The minimum atomic E-state index is -9.14. The Balaban J connectivity index is 6.57. The van der Waals surface area contributed by atoms with Gasteiger partial charge in [-0.3, -0.25) is 0 Å². The Kier molecular flexibility index (Phi) is 11.8. The first kappa shape index (κ1) is 40.3. The van der Waals surface area contributed by atoms with E-state index in [9.17, 15) is 92.2 Å². The van der Waals surface area contributed by atoms with Gasteiger partial charge in [0.05, 0.1) is 0 Å². The minimum Gasteiger partial charge on any atom is -0.200 e. The van der Waals surface area contributed by atoms with E-state index in [0.717, 1.165) is 22.6 Å². The first-order valence-electron chi connectivity index (χ1n) is 10.8. The number of hydrogen-bond donors (Lipinski definition) is 0. The highest BCUT2D eigenvalue weighted by Crippen LogP contribution is 2.66. The maximum absolute atomic E-state index is 14.0. The molecule has 0 aromatic carbocycles. The Labute approximate surface area is 230 Å². The van der Waals surface area contributed by atoms with Crippen LogP contribution in [0.3, 0.4) is 0 Å². The topological polar surface area (TPSA) is 0 Å². The zero-order chi connectivity index (χ0) is 33.5. The van der Waals surface area contributed by atoms with Crippen molar-refractivity contribution in [3.8, 4) is 0 Å². The summed E-state index contributed by atoms with van der Waals surface area (Å²) in [5.41, 5.74) is 0. The summed E-state index contributed by atoms with van der Waals surface area (Å²) in [5, 5.41) is 0. The molecule has 0 saturated carbocycles. The van der Waals surface area contributed by atoms with E-state index in [0.29, 0.717) is 19.3 Å². The summed E-state index contributed by atoms with van der Waals surface area (Å²) < 4.78 is 279. The zero-order valence-electron chi connectivity index (χ0n) is 19.8. The van der Waals surface area contributed by atoms with E-state index in [4.69, 9.17) is 0 Å². The number of rotatable bonds is 16. The molecule has 41 heavy (non-hydrogen) atoms. The van der Waals surface area contributed by atoms with Crippen LogP contribution in [0.4, 0.5) is 92.2 Å². The molecule has 0 aromatic rings. The molecule has 0 aliphatic rings. The van der Waals surface area contributed by atoms with Gasteiger partial charge in [0.2, 0.25) is 0 Å². The molecule has 0 aliphatic carbocycles. The molecular weight excluding hydrogens is 754 g/mol. The summed E-state index contributed by atoms with van der Waals surface area (Å²) in [7, 11) is 0. The molecule has 0 aliphatic heterocycles. The first-order valence-corrected chi connectivity index (χ1v) is 12.1. The predicted octanol–water partition coefficient (Wildman–Crippen LogP) is 10.8. The largest absolute Gasteiger partial charge is 0.460 e. The fraction of sp³-hybridized carbons (Fsp3) is 1.00. The Bertz CT molecular complexity index is 859. The molecule has 0 aromatic heterocycles. The third kappa shape index (κ3) is 6.40. The summed E-state index contributed by atoms with van der Waals surface area (Å²) in [4.78, 5) is 0. The van der Waals surface area contributed by atoms with E-state index in [1.54, 1.807) is 6.92 Å². The second kappa shape index (κ2) is 12.0. The Morgan fingerprint density at radius 3 is 1.02 bits per heavy atom. The molecule has 1 atom stereocenters. The van der Waals surface area contributed by atoms with Crippen molar-refractivity contribution in [1.29, 1.82) is 0 Å². The molecule has 0 saturated heterocycles. The molecule has 0 N–H and O–H groups in total. The zero-order valence-corrected chi connectivity index (χ0v) is 22.0. The normalized spacial score (nSPS) is 16.8. The monoisotopic (exact) mass is 772 g/mol. The van der Waals surface area contributed by atoms with Crippen molar-refractivity contribution in [2.24, 2.45) is 0 Å². The minimum absolute atomic E-state index is 0.0437. The van der Waals surface area contributed by atoms with Crippen LogP contribution in [0.2, 0.25) is 0 Å². The van der Waals surface area contributed by atoms with E-state index < -0.39 is 76.2 Å². The van der Waals surface area contributed by atoms with Crippen molar-refractivity contribution in [3.05, 3.63) is 0 Å². The fourth-order valence-electron chi connectivity index (χ4n) is 3.07. The van der Waals surface area contributed by atoms with Crippen LogP contribution in [-0.2, 0) is 0 Å². The SMILES string of the molecule is CCCCCCCC(I)CC(F)(F)C(F)(F)C(F)(F)C(F)(F)C(F)(F)C(F)(F)C(F)(F)C(F)(F)C(F)(F)C(F)(F)F. The van der Waals surface area contributed by atoms with Crippen molar-refractivity contribution in [3.63, 3.8) is 0 Å². The molecule has 0 rings (SSSR count). The Morgan fingerprint density at radius 2 is 0.707 bits per heavy atom. The quantitative estimate of drug-likeness (QED) is 0.0635. The van der Waals surface area contributed by atoms with Crippen LogP contribution in [0.25, 0.3) is 0 Å². The number of unbranched alkanes of at least 4 members (excludes halogenated alkanes) is 4. The lowest BCUT2D eigenvalue weighted by atomic mass is 9.85. The van der Waals surface area contributed by atoms with Crippen molar-refractivity contribution < 1.29 is 92.2 Å². The van der Waals surface area contributed by atoms with Gasteiger partial charge >= 0.3 is 59.5 Å². The van der Waals surface area contributed by atoms with Crippen LogP contribution in [0.5, 0.6) is 0 Å². The second-order valence-electron chi connectivity index (χ2n) is 8.80. The summed E-state index contributed by atoms with van der Waals surface area (Å²) in [6.07, 6.45) is -9.06. The Hall–Kier alpha value is -0.740. The van der Waals surface area contributed by atoms with Crippen LogP contribution in [-0.4, -0.2) is 63.4 Å². The standard InChI is InChI=1S/C19H18F21I/c1-2-3-4-5-6-7-9(41)8-10(20,21)11(22,23)12(24,25)13(26,27)14(28,29)15(30,31)16(32,33)17(34,35)18(36,37)19(38,39)40/h9H,2-8H2,1H3. The molecule has 0 amide bonds. The maximum Gasteiger partial charge on any atom is 0.460 e. The average Bonchev–Trinajstić information content (AvgIpc) is 2.76. The lowest BCUT2D eigenvalue weighted by Gasteiger charge is -2.44. The van der Waals surface area contributed by atoms with Gasteiger partial charge in [-0.15, -0.1) is 0 Å². The molecular formula is C19H18F21I. The van der Waals surface area contributed by atoms with Crippen LogP contribution < -0.4 is 0 Å². The lowest BCUT2D eigenvalue weighted by molar-refractivity contribution is -0.474. The smallest absolute Gasteiger partial charge is 0.200 e. The molecule has 0 nitrogen and oxygen atoms in total. The average molecular weight is 772 g/mol. The first-order chi connectivity index (χ1) is 17.7. The summed E-state index contributed by atoms with van der Waals surface area (Å²) in [6, 6.07) is 0. The molecule has 248 valence electrons. The number of halogens is 22. The molecule has 22 heteroatoms. The highest BCUT2D eigenvalue weighted by Gasteiger charge is 2.97. The molecule has 0 radical (unpaired) electrons. The van der Waals surface area contributed by atoms with Gasteiger partial charge in [-0.05, 0) is 6.42 Å². The van der Waals surface area contributed by atoms with Crippen molar-refractivity contribution >= 4 is 22.6 Å². The van der Waals surface area contributed by atoms with Gasteiger partial charge in [-0.25, -0.2) is 0 Å². The summed E-state index contributed by atoms with van der Waals surface area (Å²) >= 11 is 0.920. The van der Waals surface area contributed by atoms with E-state index in [2.05, 4.69) is 0 Å². The molecule has 1 unspecified atom stereocenters. The third-order valence-electron chi connectivity index (χ3n) is 5.67. The summed E-state index contributed by atoms with van der Waals surface area (Å²) in [6.45, 7) is 1.74. The predicted molar refractivity (Wildman–Crippen MR) is 106 cm³/mol. The Morgan fingerprint density at radius 1 is 0.415 bits per heavy atom. The van der Waals surface area contributed by atoms with Crippen molar-refractivity contribution in [1.82, 2.24) is 0 Å². The van der Waals surface area contributed by atoms with Gasteiger partial charge in [0.15, 0.2) is 0 Å². The van der Waals surface area contributed by atoms with Gasteiger partial charge in [0, 0.05) is 10.3 Å². The van der Waals surface area contributed by atoms with Crippen LogP contribution in [0, 0.1) is 0 Å². The molecule has 0 bridgehead atoms. The highest BCUT2D eigenvalue weighted by molar-refractivity contribution is 14.1. The van der Waals surface area contributed by atoms with E-state index in [1.807, 2.05) is 0 Å². The van der Waals surface area contributed by atoms with Crippen LogP contribution in [0.15, 0.2) is 0 Å². The molecule has 0 heterocycles. The van der Waals surface area contributed by atoms with Gasteiger partial charge in [0.1, 0.15) is 0 Å². The maximum atomic E-state index is 14.0. The van der Waals surface area contributed by atoms with Gasteiger partial charge < -0.3 is 0 Å². The number of alkyl halides is 22. The van der Waals surface area contributed by atoms with Crippen molar-refractivity contribution in [2.45, 2.75) is 115 Å². The molecule has 0 fully saturated rings. The second-order valence-corrected chi connectivity index (χ2v) is 10.6. The lowest BCUT2D eigenvalue weighted by Crippen LogP contribution is -2.76. The fourth-order valence-corrected chi connectivity index (χ4v) is 4.06. The molecule has 0 spiro atoms. The van der Waals surface area contributed by atoms with Gasteiger partial charge in [-0.1, -0.05) is 61.6 Å². The number of hydrogen-bond acceptors (Lipinski definition) is 0. The van der Waals surface area contributed by atoms with E-state index in [1.165, 1.54) is 0 Å². The van der Waals surface area contributed by atoms with E-state index in [-0.39, 0.29) is 12.8 Å². The van der Waals surface area contributed by atoms with Crippen molar-refractivity contribution in [2.75, 3.05) is 0 Å². The van der Waals surface area contributed by atoms with Crippen LogP contribution in [0.1, 0.15) is 51.9 Å². The van der Waals surface area contributed by atoms with Gasteiger partial charge in [0.25, 0.3) is 0 Å². The van der Waals surface area contributed by atoms with Crippen LogP contribution >= 0.6 is 22.6 Å².